The zero-order valence-corrected chi connectivity index (χ0v) is 13.3. The van der Waals surface area contributed by atoms with Gasteiger partial charge in [-0.2, -0.15) is 0 Å². The van der Waals surface area contributed by atoms with Gasteiger partial charge in [0, 0.05) is 17.3 Å². The van der Waals surface area contributed by atoms with Crippen LogP contribution in [0.2, 0.25) is 0 Å². The molecule has 0 heterocycles. The Morgan fingerprint density at radius 2 is 1.86 bits per heavy atom. The van der Waals surface area contributed by atoms with Gasteiger partial charge in [0.15, 0.2) is 6.10 Å². The molecule has 0 fully saturated rings. The molecule has 0 bridgehead atoms. The third-order valence-corrected chi connectivity index (χ3v) is 2.60. The standard InChI is InChI=1S/C15H21NO6/c1-15(2,3)22-14(19)16-9-6-7-10(11(8-9)20-4)12(17)13(18)21-5/h6-8,12,17H,1-5H3,(H,16,19). The van der Waals surface area contributed by atoms with E-state index in [1.807, 2.05) is 0 Å². The van der Waals surface area contributed by atoms with Crippen LogP contribution in [0.15, 0.2) is 18.2 Å². The van der Waals surface area contributed by atoms with Crippen LogP contribution in [-0.2, 0) is 14.3 Å². The lowest BCUT2D eigenvalue weighted by atomic mass is 10.1. The molecule has 22 heavy (non-hydrogen) atoms. The van der Waals surface area contributed by atoms with E-state index in [9.17, 15) is 14.7 Å². The number of nitrogens with one attached hydrogen (secondary N) is 1. The van der Waals surface area contributed by atoms with Crippen LogP contribution >= 0.6 is 0 Å². The highest BCUT2D eigenvalue weighted by Gasteiger charge is 2.23. The minimum absolute atomic E-state index is 0.240. The predicted octanol–water partition coefficient (Wildman–Crippen LogP) is 2.25. The van der Waals surface area contributed by atoms with Crippen molar-refractivity contribution in [2.24, 2.45) is 0 Å². The Labute approximate surface area is 129 Å². The van der Waals surface area contributed by atoms with Gasteiger partial charge >= 0.3 is 12.1 Å². The number of aliphatic hydroxyl groups excluding tert-OH is 1. The van der Waals surface area contributed by atoms with Gasteiger partial charge in [-0.3, -0.25) is 5.32 Å². The number of carbonyl (C=O) groups excluding carboxylic acids is 2. The molecule has 0 saturated heterocycles. The van der Waals surface area contributed by atoms with Gasteiger partial charge in [-0.25, -0.2) is 9.59 Å². The molecular weight excluding hydrogens is 290 g/mol. The molecule has 0 aromatic heterocycles. The monoisotopic (exact) mass is 311 g/mol. The van der Waals surface area contributed by atoms with E-state index >= 15 is 0 Å². The fourth-order valence-corrected chi connectivity index (χ4v) is 1.67. The van der Waals surface area contributed by atoms with Gasteiger partial charge in [0.2, 0.25) is 0 Å². The van der Waals surface area contributed by atoms with Crippen LogP contribution in [0.25, 0.3) is 0 Å². The number of esters is 1. The van der Waals surface area contributed by atoms with Crippen LogP contribution in [0, 0.1) is 0 Å². The topological polar surface area (TPSA) is 94.1 Å². The number of ether oxygens (including phenoxy) is 3. The van der Waals surface area contributed by atoms with E-state index < -0.39 is 23.8 Å². The summed E-state index contributed by atoms with van der Waals surface area (Å²) >= 11 is 0. The van der Waals surface area contributed by atoms with Crippen LogP contribution in [0.4, 0.5) is 10.5 Å². The third kappa shape index (κ3) is 4.92. The number of methoxy groups -OCH3 is 2. The maximum atomic E-state index is 11.7. The number of aliphatic hydroxyl groups is 1. The third-order valence-electron chi connectivity index (χ3n) is 2.60. The van der Waals surface area contributed by atoms with Gasteiger partial charge in [-0.1, -0.05) is 6.07 Å². The Bertz CT molecular complexity index is 549. The molecule has 2 N–H and O–H groups in total. The van der Waals surface area contributed by atoms with Crippen LogP contribution in [0.3, 0.4) is 0 Å². The summed E-state index contributed by atoms with van der Waals surface area (Å²) in [7, 11) is 2.57. The van der Waals surface area contributed by atoms with E-state index in [-0.39, 0.29) is 11.3 Å². The second kappa shape index (κ2) is 7.13. The van der Waals surface area contributed by atoms with Crippen LogP contribution in [0.1, 0.15) is 32.4 Å². The number of hydrogen-bond acceptors (Lipinski definition) is 6. The van der Waals surface area contributed by atoms with Crippen molar-refractivity contribution < 1.29 is 28.9 Å². The van der Waals surface area contributed by atoms with Crippen molar-refractivity contribution in [2.75, 3.05) is 19.5 Å². The molecule has 1 aromatic carbocycles. The maximum absolute atomic E-state index is 11.7. The summed E-state index contributed by atoms with van der Waals surface area (Å²) in [4.78, 5) is 23.1. The summed E-state index contributed by atoms with van der Waals surface area (Å²) in [6.45, 7) is 5.26. The highest BCUT2D eigenvalue weighted by Crippen LogP contribution is 2.29. The molecule has 1 aromatic rings. The predicted molar refractivity (Wildman–Crippen MR) is 79.8 cm³/mol. The fraction of sp³-hybridized carbons (Fsp3) is 0.467. The van der Waals surface area contributed by atoms with Gasteiger partial charge < -0.3 is 19.3 Å². The van der Waals surface area contributed by atoms with E-state index in [2.05, 4.69) is 10.1 Å². The van der Waals surface area contributed by atoms with Gasteiger partial charge in [0.25, 0.3) is 0 Å². The lowest BCUT2D eigenvalue weighted by molar-refractivity contribution is -0.150. The Morgan fingerprint density at radius 1 is 1.23 bits per heavy atom. The van der Waals surface area contributed by atoms with Gasteiger partial charge in [-0.15, -0.1) is 0 Å². The molecule has 1 rings (SSSR count). The van der Waals surface area contributed by atoms with Gasteiger partial charge in [0.1, 0.15) is 11.4 Å². The quantitative estimate of drug-likeness (QED) is 0.828. The van der Waals surface area contributed by atoms with Gasteiger partial charge in [-0.05, 0) is 26.8 Å². The lowest BCUT2D eigenvalue weighted by Crippen LogP contribution is -2.27. The number of anilines is 1. The molecule has 1 amide bonds. The average molecular weight is 311 g/mol. The number of amides is 1. The zero-order valence-electron chi connectivity index (χ0n) is 13.3. The maximum Gasteiger partial charge on any atom is 0.412 e. The highest BCUT2D eigenvalue weighted by atomic mass is 16.6. The molecule has 0 aliphatic carbocycles. The number of hydrogen-bond donors (Lipinski definition) is 2. The number of carbonyl (C=O) groups is 2. The number of rotatable bonds is 4. The first-order valence-electron chi connectivity index (χ1n) is 6.61. The Kier molecular flexibility index (Phi) is 5.76. The highest BCUT2D eigenvalue weighted by molar-refractivity contribution is 5.85. The van der Waals surface area contributed by atoms with Crippen molar-refractivity contribution in [3.63, 3.8) is 0 Å². The van der Waals surface area contributed by atoms with E-state index in [1.165, 1.54) is 32.4 Å². The van der Waals surface area contributed by atoms with Crippen molar-refractivity contribution in [1.82, 2.24) is 0 Å². The summed E-state index contributed by atoms with van der Waals surface area (Å²) in [6.07, 6.45) is -2.08. The molecule has 7 heteroatoms. The molecule has 0 radical (unpaired) electrons. The van der Waals surface area contributed by atoms with Crippen LogP contribution < -0.4 is 10.1 Å². The van der Waals surface area contributed by atoms with Crippen molar-refractivity contribution in [3.8, 4) is 5.75 Å². The van der Waals surface area contributed by atoms with E-state index in [0.29, 0.717) is 5.69 Å². The molecule has 122 valence electrons. The summed E-state index contributed by atoms with van der Waals surface area (Å²) in [5, 5.41) is 12.4. The largest absolute Gasteiger partial charge is 0.496 e. The SMILES string of the molecule is COC(=O)C(O)c1ccc(NC(=O)OC(C)(C)C)cc1OC. The number of benzene rings is 1. The molecule has 0 saturated carbocycles. The molecular formula is C15H21NO6. The Morgan fingerprint density at radius 3 is 2.36 bits per heavy atom. The van der Waals surface area contributed by atoms with Crippen LogP contribution in [0.5, 0.6) is 5.75 Å². The first-order valence-corrected chi connectivity index (χ1v) is 6.61. The van der Waals surface area contributed by atoms with Crippen molar-refractivity contribution in [3.05, 3.63) is 23.8 Å². The van der Waals surface area contributed by atoms with Crippen molar-refractivity contribution in [2.45, 2.75) is 32.5 Å². The Balaban J connectivity index is 2.93. The molecule has 7 nitrogen and oxygen atoms in total. The minimum atomic E-state index is -1.46. The lowest BCUT2D eigenvalue weighted by Gasteiger charge is -2.20. The second-order valence-electron chi connectivity index (χ2n) is 5.51. The molecule has 0 aliphatic heterocycles. The van der Waals surface area contributed by atoms with Gasteiger partial charge in [0.05, 0.1) is 14.2 Å². The molecule has 0 aliphatic rings. The molecule has 0 spiro atoms. The summed E-state index contributed by atoms with van der Waals surface area (Å²) in [6, 6.07) is 4.46. The van der Waals surface area contributed by atoms with Crippen LogP contribution in [-0.4, -0.2) is 37.0 Å². The second-order valence-corrected chi connectivity index (χ2v) is 5.51. The summed E-state index contributed by atoms with van der Waals surface area (Å²) < 4.78 is 14.7. The zero-order chi connectivity index (χ0) is 16.9. The van der Waals surface area contributed by atoms with E-state index in [4.69, 9.17) is 9.47 Å². The summed E-state index contributed by atoms with van der Waals surface area (Å²) in [5.41, 5.74) is 0.0332. The fourth-order valence-electron chi connectivity index (χ4n) is 1.67. The first kappa shape index (κ1) is 17.8. The molecule has 1 atom stereocenters. The molecule has 1 unspecified atom stereocenters. The average Bonchev–Trinajstić information content (AvgIpc) is 2.43. The smallest absolute Gasteiger partial charge is 0.412 e. The normalized spacial score (nSPS) is 12.3. The first-order chi connectivity index (χ1) is 10.2. The Hall–Kier alpha value is -2.28. The van der Waals surface area contributed by atoms with Crippen molar-refractivity contribution in [1.29, 1.82) is 0 Å². The summed E-state index contributed by atoms with van der Waals surface area (Å²) in [5.74, 6) is -0.558. The van der Waals surface area contributed by atoms with E-state index in [1.54, 1.807) is 20.8 Å². The van der Waals surface area contributed by atoms with Crippen molar-refractivity contribution >= 4 is 17.7 Å². The minimum Gasteiger partial charge on any atom is -0.496 e. The van der Waals surface area contributed by atoms with E-state index in [0.717, 1.165) is 0 Å².